The first-order chi connectivity index (χ1) is 13.5. The van der Waals surface area contributed by atoms with Gasteiger partial charge in [0.05, 0.1) is 21.3 Å². The molecule has 1 saturated heterocycles. The number of methoxy groups -OCH3 is 3. The lowest BCUT2D eigenvalue weighted by molar-refractivity contribution is -0.132. The third kappa shape index (κ3) is 3.67. The maximum absolute atomic E-state index is 13.0. The van der Waals surface area contributed by atoms with Crippen molar-refractivity contribution < 1.29 is 28.6 Å². The molecule has 0 aromatic heterocycles. The van der Waals surface area contributed by atoms with Crippen LogP contribution >= 0.6 is 0 Å². The molecule has 0 atom stereocenters. The van der Waals surface area contributed by atoms with Gasteiger partial charge in [-0.05, 0) is 36.6 Å². The van der Waals surface area contributed by atoms with Crippen LogP contribution in [0.2, 0.25) is 0 Å². The van der Waals surface area contributed by atoms with Crippen molar-refractivity contribution in [2.45, 2.75) is 38.1 Å². The number of hydrogen-bond donors (Lipinski definition) is 1. The summed E-state index contributed by atoms with van der Waals surface area (Å²) >= 11 is 0. The Labute approximate surface area is 163 Å². The van der Waals surface area contributed by atoms with E-state index in [4.69, 9.17) is 14.2 Å². The first kappa shape index (κ1) is 19.7. The Kier molecular flexibility index (Phi) is 5.87. The summed E-state index contributed by atoms with van der Waals surface area (Å²) in [4.78, 5) is 38.8. The van der Waals surface area contributed by atoms with Gasteiger partial charge in [-0.3, -0.25) is 19.8 Å². The fourth-order valence-corrected chi connectivity index (χ4v) is 3.69. The highest BCUT2D eigenvalue weighted by Crippen LogP contribution is 2.39. The number of imide groups is 2. The van der Waals surface area contributed by atoms with Crippen LogP contribution in [0.3, 0.4) is 0 Å². The summed E-state index contributed by atoms with van der Waals surface area (Å²) in [6.45, 7) is 0. The van der Waals surface area contributed by atoms with Crippen LogP contribution in [0.1, 0.15) is 37.7 Å². The summed E-state index contributed by atoms with van der Waals surface area (Å²) in [5.74, 6) is -0.0778. The summed E-state index contributed by atoms with van der Waals surface area (Å²) in [5, 5.41) is 2.28. The maximum Gasteiger partial charge on any atom is 0.331 e. The van der Waals surface area contributed by atoms with E-state index in [2.05, 4.69) is 5.32 Å². The second-order valence-electron chi connectivity index (χ2n) is 6.74. The van der Waals surface area contributed by atoms with Crippen LogP contribution in [-0.4, -0.2) is 50.1 Å². The molecule has 0 bridgehead atoms. The van der Waals surface area contributed by atoms with E-state index in [1.165, 1.54) is 32.3 Å². The Bertz CT molecular complexity index is 801. The van der Waals surface area contributed by atoms with Gasteiger partial charge in [-0.15, -0.1) is 0 Å². The zero-order valence-corrected chi connectivity index (χ0v) is 16.2. The van der Waals surface area contributed by atoms with Crippen LogP contribution in [0.15, 0.2) is 17.7 Å². The zero-order chi connectivity index (χ0) is 20.3. The monoisotopic (exact) mass is 388 g/mol. The van der Waals surface area contributed by atoms with Crippen LogP contribution in [0.25, 0.3) is 6.08 Å². The molecule has 28 heavy (non-hydrogen) atoms. The molecule has 2 aliphatic rings. The lowest BCUT2D eigenvalue weighted by Gasteiger charge is -2.35. The molecule has 1 aliphatic carbocycles. The number of ether oxygens (including phenoxy) is 3. The van der Waals surface area contributed by atoms with E-state index in [9.17, 15) is 14.4 Å². The largest absolute Gasteiger partial charge is 0.493 e. The van der Waals surface area contributed by atoms with Crippen molar-refractivity contribution in [3.05, 3.63) is 23.3 Å². The molecule has 150 valence electrons. The first-order valence-corrected chi connectivity index (χ1v) is 9.20. The van der Waals surface area contributed by atoms with E-state index in [0.29, 0.717) is 22.8 Å². The highest BCUT2D eigenvalue weighted by molar-refractivity contribution is 6.31. The second kappa shape index (κ2) is 8.33. The Morgan fingerprint density at radius 2 is 1.57 bits per heavy atom. The fourth-order valence-electron chi connectivity index (χ4n) is 3.69. The minimum absolute atomic E-state index is 0.0977. The van der Waals surface area contributed by atoms with E-state index in [1.807, 2.05) is 0 Å². The van der Waals surface area contributed by atoms with Crippen molar-refractivity contribution >= 4 is 23.9 Å². The van der Waals surface area contributed by atoms with E-state index in [1.54, 1.807) is 12.1 Å². The normalized spacial score (nSPS) is 19.6. The molecule has 4 amide bonds. The van der Waals surface area contributed by atoms with E-state index in [-0.39, 0.29) is 11.6 Å². The molecule has 1 saturated carbocycles. The predicted octanol–water partition coefficient (Wildman–Crippen LogP) is 2.51. The number of hydrogen-bond acceptors (Lipinski definition) is 6. The molecule has 1 N–H and O–H groups in total. The van der Waals surface area contributed by atoms with Gasteiger partial charge in [-0.1, -0.05) is 19.3 Å². The molecular formula is C20H24N2O6. The molecule has 0 radical (unpaired) electrons. The fraction of sp³-hybridized carbons (Fsp3) is 0.450. The summed E-state index contributed by atoms with van der Waals surface area (Å²) < 4.78 is 15.9. The molecule has 0 unspecified atom stereocenters. The number of barbiturate groups is 1. The van der Waals surface area contributed by atoms with Crippen molar-refractivity contribution in [1.29, 1.82) is 0 Å². The number of amides is 4. The summed E-state index contributed by atoms with van der Waals surface area (Å²) in [6, 6.07) is 2.44. The third-order valence-electron chi connectivity index (χ3n) is 5.07. The van der Waals surface area contributed by atoms with Gasteiger partial charge in [0.15, 0.2) is 11.5 Å². The van der Waals surface area contributed by atoms with Crippen LogP contribution in [0, 0.1) is 0 Å². The Morgan fingerprint density at radius 1 is 0.964 bits per heavy atom. The number of carbonyl (C=O) groups excluding carboxylic acids is 3. The number of nitrogens with one attached hydrogen (secondary N) is 1. The van der Waals surface area contributed by atoms with Crippen molar-refractivity contribution in [3.8, 4) is 17.2 Å². The molecule has 0 spiro atoms. The number of nitrogens with zero attached hydrogens (tertiary/aromatic N) is 1. The van der Waals surface area contributed by atoms with Gasteiger partial charge in [-0.2, -0.15) is 0 Å². The van der Waals surface area contributed by atoms with Crippen LogP contribution in [0.4, 0.5) is 4.79 Å². The summed E-state index contributed by atoms with van der Waals surface area (Å²) in [6.07, 6.45) is 5.95. The number of benzene rings is 1. The van der Waals surface area contributed by atoms with Crippen molar-refractivity contribution in [2.24, 2.45) is 0 Å². The van der Waals surface area contributed by atoms with Gasteiger partial charge in [0.2, 0.25) is 5.75 Å². The quantitative estimate of drug-likeness (QED) is 0.615. The topological polar surface area (TPSA) is 94.2 Å². The third-order valence-corrected chi connectivity index (χ3v) is 5.07. The molecule has 2 fully saturated rings. The Balaban J connectivity index is 1.99. The highest BCUT2D eigenvalue weighted by Gasteiger charge is 2.40. The zero-order valence-electron chi connectivity index (χ0n) is 16.2. The molecule has 1 aliphatic heterocycles. The Hall–Kier alpha value is -3.03. The number of carbonyl (C=O) groups is 3. The van der Waals surface area contributed by atoms with Crippen LogP contribution in [0.5, 0.6) is 17.2 Å². The van der Waals surface area contributed by atoms with E-state index >= 15 is 0 Å². The maximum atomic E-state index is 13.0. The number of rotatable bonds is 5. The predicted molar refractivity (Wildman–Crippen MR) is 101 cm³/mol. The van der Waals surface area contributed by atoms with Gasteiger partial charge in [0.25, 0.3) is 11.8 Å². The van der Waals surface area contributed by atoms with Gasteiger partial charge >= 0.3 is 6.03 Å². The lowest BCUT2D eigenvalue weighted by atomic mass is 9.93. The smallest absolute Gasteiger partial charge is 0.331 e. The molecule has 1 aromatic rings. The van der Waals surface area contributed by atoms with Gasteiger partial charge < -0.3 is 14.2 Å². The van der Waals surface area contributed by atoms with Crippen molar-refractivity contribution in [2.75, 3.05) is 21.3 Å². The van der Waals surface area contributed by atoms with Gasteiger partial charge in [0, 0.05) is 6.04 Å². The molecule has 1 heterocycles. The highest BCUT2D eigenvalue weighted by atomic mass is 16.5. The van der Waals surface area contributed by atoms with Crippen LogP contribution in [-0.2, 0) is 9.59 Å². The van der Waals surface area contributed by atoms with Crippen molar-refractivity contribution in [3.63, 3.8) is 0 Å². The first-order valence-electron chi connectivity index (χ1n) is 9.20. The lowest BCUT2D eigenvalue weighted by Crippen LogP contribution is -2.58. The SMILES string of the molecule is COc1cc(C=C2C(=O)NC(=O)N(C3CCCCC3)C2=O)cc(OC)c1OC. The number of urea groups is 1. The van der Waals surface area contributed by atoms with E-state index in [0.717, 1.165) is 32.1 Å². The summed E-state index contributed by atoms with van der Waals surface area (Å²) in [5.41, 5.74) is 0.422. The average molecular weight is 388 g/mol. The minimum Gasteiger partial charge on any atom is -0.493 e. The molecule has 8 heteroatoms. The standard InChI is InChI=1S/C20H24N2O6/c1-26-15-10-12(11-16(27-2)17(15)28-3)9-14-18(23)21-20(25)22(19(14)24)13-7-5-4-6-8-13/h9-11,13H,4-8H2,1-3H3,(H,21,23,25). The Morgan fingerprint density at radius 3 is 2.11 bits per heavy atom. The second-order valence-corrected chi connectivity index (χ2v) is 6.74. The summed E-state index contributed by atoms with van der Waals surface area (Å²) in [7, 11) is 4.45. The molecule has 1 aromatic carbocycles. The van der Waals surface area contributed by atoms with Gasteiger partial charge in [0.1, 0.15) is 5.57 Å². The molecule has 8 nitrogen and oxygen atoms in total. The minimum atomic E-state index is -0.712. The van der Waals surface area contributed by atoms with Gasteiger partial charge in [-0.25, -0.2) is 4.79 Å². The van der Waals surface area contributed by atoms with Crippen molar-refractivity contribution in [1.82, 2.24) is 10.2 Å². The molecular weight excluding hydrogens is 364 g/mol. The van der Waals surface area contributed by atoms with Crippen LogP contribution < -0.4 is 19.5 Å². The van der Waals surface area contributed by atoms with E-state index < -0.39 is 17.8 Å². The average Bonchev–Trinajstić information content (AvgIpc) is 2.70. The molecule has 3 rings (SSSR count).